The van der Waals surface area contributed by atoms with Gasteiger partial charge in [-0.05, 0) is 22.9 Å². The van der Waals surface area contributed by atoms with Crippen molar-refractivity contribution in [1.82, 2.24) is 9.97 Å². The van der Waals surface area contributed by atoms with Gasteiger partial charge in [0.05, 0.1) is 10.2 Å². The lowest BCUT2D eigenvalue weighted by molar-refractivity contribution is 0.598. The Balaban J connectivity index is 2.66. The van der Waals surface area contributed by atoms with Gasteiger partial charge < -0.3 is 10.6 Å². The number of hydrogen-bond acceptors (Lipinski definition) is 6. The molecule has 0 amide bonds. The van der Waals surface area contributed by atoms with Crippen molar-refractivity contribution in [3.63, 3.8) is 0 Å². The summed E-state index contributed by atoms with van der Waals surface area (Å²) in [5, 5.41) is 10.7. The average Bonchev–Trinajstić information content (AvgIpc) is 2.21. The van der Waals surface area contributed by atoms with Crippen LogP contribution < -0.4 is 15.8 Å². The van der Waals surface area contributed by atoms with Gasteiger partial charge in [-0.2, -0.15) is 4.98 Å². The van der Waals surface area contributed by atoms with Gasteiger partial charge in [-0.3, -0.25) is 0 Å². The first-order valence-electron chi connectivity index (χ1n) is 4.93. The van der Waals surface area contributed by atoms with E-state index in [2.05, 4.69) is 36.5 Å². The zero-order valence-corrected chi connectivity index (χ0v) is 11.7. The summed E-state index contributed by atoms with van der Waals surface area (Å²) in [5.41, 5.74) is 0. The van der Waals surface area contributed by atoms with E-state index in [-0.39, 0.29) is 12.3 Å². The van der Waals surface area contributed by atoms with Crippen LogP contribution >= 0.6 is 15.9 Å². The minimum atomic E-state index is -3.46. The van der Waals surface area contributed by atoms with Gasteiger partial charge in [0.25, 0.3) is 0 Å². The fourth-order valence-corrected chi connectivity index (χ4v) is 1.76. The van der Waals surface area contributed by atoms with Crippen LogP contribution in [0.2, 0.25) is 0 Å². The molecule has 0 bridgehead atoms. The molecule has 0 aliphatic rings. The summed E-state index contributed by atoms with van der Waals surface area (Å²) in [6, 6.07) is 0. The Bertz CT molecular complexity index is 479. The Hall–Kier alpha value is -0.930. The zero-order valence-electron chi connectivity index (χ0n) is 9.27. The highest BCUT2D eigenvalue weighted by molar-refractivity contribution is 9.10. The summed E-state index contributed by atoms with van der Waals surface area (Å²) in [7, 11) is -3.46. The fourth-order valence-electron chi connectivity index (χ4n) is 1.05. The SMILES string of the molecule is CCNc1ncc(Br)c(NCCS(N)(=O)=O)n1. The molecule has 1 rings (SSSR count). The average molecular weight is 324 g/mol. The molecule has 0 saturated carbocycles. The maximum Gasteiger partial charge on any atom is 0.224 e. The minimum absolute atomic E-state index is 0.153. The number of primary sulfonamides is 1. The van der Waals surface area contributed by atoms with Gasteiger partial charge in [-0.25, -0.2) is 18.5 Å². The summed E-state index contributed by atoms with van der Waals surface area (Å²) >= 11 is 3.27. The third kappa shape index (κ3) is 5.29. The van der Waals surface area contributed by atoms with Crippen molar-refractivity contribution in [2.24, 2.45) is 5.14 Å². The van der Waals surface area contributed by atoms with Crippen molar-refractivity contribution < 1.29 is 8.42 Å². The predicted octanol–water partition coefficient (Wildman–Crippen LogP) is 0.371. The van der Waals surface area contributed by atoms with E-state index in [0.29, 0.717) is 22.8 Å². The number of nitrogens with one attached hydrogen (secondary N) is 2. The molecule has 0 aliphatic heterocycles. The van der Waals surface area contributed by atoms with Crippen LogP contribution in [0, 0.1) is 0 Å². The molecule has 0 radical (unpaired) electrons. The lowest BCUT2D eigenvalue weighted by Gasteiger charge is -2.08. The minimum Gasteiger partial charge on any atom is -0.368 e. The molecule has 1 aromatic rings. The molecule has 0 aromatic carbocycles. The largest absolute Gasteiger partial charge is 0.368 e. The smallest absolute Gasteiger partial charge is 0.224 e. The maximum atomic E-state index is 10.8. The van der Waals surface area contributed by atoms with Crippen molar-refractivity contribution in [3.05, 3.63) is 10.7 Å². The first-order chi connectivity index (χ1) is 7.92. The summed E-state index contributed by atoms with van der Waals surface area (Å²) in [6.45, 7) is 2.83. The van der Waals surface area contributed by atoms with E-state index >= 15 is 0 Å². The third-order valence-electron chi connectivity index (χ3n) is 1.76. The number of nitrogens with two attached hydrogens (primary N) is 1. The van der Waals surface area contributed by atoms with E-state index in [1.807, 2.05) is 6.92 Å². The van der Waals surface area contributed by atoms with E-state index in [9.17, 15) is 8.42 Å². The molecule has 96 valence electrons. The molecule has 0 unspecified atom stereocenters. The van der Waals surface area contributed by atoms with Crippen LogP contribution in [0.3, 0.4) is 0 Å². The molecule has 4 N–H and O–H groups in total. The molecule has 17 heavy (non-hydrogen) atoms. The van der Waals surface area contributed by atoms with E-state index in [1.54, 1.807) is 6.20 Å². The van der Waals surface area contributed by atoms with Gasteiger partial charge in [-0.15, -0.1) is 0 Å². The van der Waals surface area contributed by atoms with Gasteiger partial charge in [0, 0.05) is 19.3 Å². The van der Waals surface area contributed by atoms with Crippen molar-refractivity contribution in [2.75, 3.05) is 29.5 Å². The highest BCUT2D eigenvalue weighted by atomic mass is 79.9. The first kappa shape index (κ1) is 14.1. The monoisotopic (exact) mass is 323 g/mol. The number of hydrogen-bond donors (Lipinski definition) is 3. The molecule has 7 nitrogen and oxygen atoms in total. The van der Waals surface area contributed by atoms with Crippen molar-refractivity contribution >= 4 is 37.7 Å². The second-order valence-electron chi connectivity index (χ2n) is 3.21. The number of sulfonamides is 1. The Labute approximate surface area is 108 Å². The van der Waals surface area contributed by atoms with Gasteiger partial charge in [0.2, 0.25) is 16.0 Å². The summed E-state index contributed by atoms with van der Waals surface area (Å²) in [5.74, 6) is 0.855. The Kier molecular flexibility index (Phi) is 5.09. The molecule has 1 aromatic heterocycles. The predicted molar refractivity (Wildman–Crippen MR) is 70.4 cm³/mol. The number of anilines is 2. The van der Waals surface area contributed by atoms with Crippen molar-refractivity contribution in [2.45, 2.75) is 6.92 Å². The lowest BCUT2D eigenvalue weighted by atomic mass is 10.5. The highest BCUT2D eigenvalue weighted by Crippen LogP contribution is 2.19. The van der Waals surface area contributed by atoms with Crippen molar-refractivity contribution in [1.29, 1.82) is 0 Å². The first-order valence-corrected chi connectivity index (χ1v) is 7.44. The molecular weight excluding hydrogens is 310 g/mol. The van der Waals surface area contributed by atoms with E-state index in [4.69, 9.17) is 5.14 Å². The van der Waals surface area contributed by atoms with Crippen LogP contribution in [0.1, 0.15) is 6.92 Å². The second kappa shape index (κ2) is 6.12. The van der Waals surface area contributed by atoms with Gasteiger partial charge >= 0.3 is 0 Å². The molecule has 0 aliphatic carbocycles. The van der Waals surface area contributed by atoms with Crippen LogP contribution in [-0.4, -0.2) is 37.2 Å². The maximum absolute atomic E-state index is 10.8. The highest BCUT2D eigenvalue weighted by Gasteiger charge is 2.06. The standard InChI is InChI=1S/C8H14BrN5O2S/c1-2-11-8-13-5-6(9)7(14-8)12-3-4-17(10,15)16/h5H,2-4H2,1H3,(H2,10,15,16)(H2,11,12,13,14). The number of halogens is 1. The summed E-state index contributed by atoms with van der Waals surface area (Å²) < 4.78 is 22.2. The quantitative estimate of drug-likeness (QED) is 0.697. The number of nitrogens with zero attached hydrogens (tertiary/aromatic N) is 2. The second-order valence-corrected chi connectivity index (χ2v) is 5.80. The third-order valence-corrected chi connectivity index (χ3v) is 3.11. The topological polar surface area (TPSA) is 110 Å². The van der Waals surface area contributed by atoms with E-state index < -0.39 is 10.0 Å². The number of rotatable bonds is 6. The molecule has 1 heterocycles. The summed E-state index contributed by atoms with van der Waals surface area (Å²) in [4.78, 5) is 8.20. The van der Waals surface area contributed by atoms with Gasteiger partial charge in [0.1, 0.15) is 5.82 Å². The van der Waals surface area contributed by atoms with Crippen LogP contribution in [0.25, 0.3) is 0 Å². The fraction of sp³-hybridized carbons (Fsp3) is 0.500. The van der Waals surface area contributed by atoms with E-state index in [1.165, 1.54) is 0 Å². The van der Waals surface area contributed by atoms with Gasteiger partial charge in [0.15, 0.2) is 0 Å². The summed E-state index contributed by atoms with van der Waals surface area (Å²) in [6.07, 6.45) is 1.59. The molecule has 0 atom stereocenters. The van der Waals surface area contributed by atoms with Gasteiger partial charge in [-0.1, -0.05) is 0 Å². The molecule has 0 spiro atoms. The normalized spacial score (nSPS) is 11.2. The Morgan fingerprint density at radius 3 is 2.76 bits per heavy atom. The van der Waals surface area contributed by atoms with Crippen LogP contribution in [0.4, 0.5) is 11.8 Å². The molecule has 0 saturated heterocycles. The number of aromatic nitrogens is 2. The van der Waals surface area contributed by atoms with Crippen LogP contribution in [0.15, 0.2) is 10.7 Å². The molecule has 9 heteroatoms. The van der Waals surface area contributed by atoms with Crippen molar-refractivity contribution in [3.8, 4) is 0 Å². The van der Waals surface area contributed by atoms with Crippen LogP contribution in [0.5, 0.6) is 0 Å². The Morgan fingerprint density at radius 1 is 1.47 bits per heavy atom. The Morgan fingerprint density at radius 2 is 2.18 bits per heavy atom. The van der Waals surface area contributed by atoms with E-state index in [0.717, 1.165) is 0 Å². The lowest BCUT2D eigenvalue weighted by Crippen LogP contribution is -2.22. The molecule has 0 fully saturated rings. The van der Waals surface area contributed by atoms with Crippen LogP contribution in [-0.2, 0) is 10.0 Å². The molecular formula is C8H14BrN5O2S. The zero-order chi connectivity index (χ0) is 12.9.